The molecular formula is C15H17ClN4O. The van der Waals surface area contributed by atoms with Crippen molar-refractivity contribution in [1.82, 2.24) is 15.1 Å². The Labute approximate surface area is 128 Å². The largest absolute Gasteiger partial charge is 0.368 e. The summed E-state index contributed by atoms with van der Waals surface area (Å²) in [5.41, 5.74) is 1.97. The number of hydrogen-bond acceptors (Lipinski definition) is 3. The van der Waals surface area contributed by atoms with E-state index in [1.807, 2.05) is 35.2 Å². The SMILES string of the molecule is O=C(Cc1ccn[nH]1)N1CCN(c2cccc(Cl)c2)CC1. The highest BCUT2D eigenvalue weighted by Gasteiger charge is 2.21. The van der Waals surface area contributed by atoms with Crippen LogP contribution in [0, 0.1) is 0 Å². The summed E-state index contributed by atoms with van der Waals surface area (Å²) < 4.78 is 0. The minimum absolute atomic E-state index is 0.144. The van der Waals surface area contributed by atoms with Crippen LogP contribution in [0.4, 0.5) is 5.69 Å². The van der Waals surface area contributed by atoms with Crippen molar-refractivity contribution in [2.45, 2.75) is 6.42 Å². The van der Waals surface area contributed by atoms with Crippen molar-refractivity contribution in [2.75, 3.05) is 31.1 Å². The standard InChI is InChI=1S/C15H17ClN4O/c16-12-2-1-3-14(10-12)19-6-8-20(9-7-19)15(21)11-13-4-5-17-18-13/h1-5,10H,6-9,11H2,(H,17,18). The number of halogens is 1. The van der Waals surface area contributed by atoms with Gasteiger partial charge in [0.25, 0.3) is 0 Å². The van der Waals surface area contributed by atoms with Gasteiger partial charge >= 0.3 is 0 Å². The zero-order valence-electron chi connectivity index (χ0n) is 11.6. The lowest BCUT2D eigenvalue weighted by atomic mass is 10.2. The Morgan fingerprint density at radius 1 is 1.24 bits per heavy atom. The molecule has 0 aliphatic carbocycles. The number of rotatable bonds is 3. The average Bonchev–Trinajstić information content (AvgIpc) is 3.00. The molecule has 2 aromatic rings. The van der Waals surface area contributed by atoms with Gasteiger partial charge in [-0.2, -0.15) is 5.10 Å². The van der Waals surface area contributed by atoms with Crippen LogP contribution < -0.4 is 4.90 Å². The predicted molar refractivity (Wildman–Crippen MR) is 82.5 cm³/mol. The molecule has 1 amide bonds. The fraction of sp³-hybridized carbons (Fsp3) is 0.333. The lowest BCUT2D eigenvalue weighted by Crippen LogP contribution is -2.49. The van der Waals surface area contributed by atoms with Gasteiger partial charge in [0.2, 0.25) is 5.91 Å². The van der Waals surface area contributed by atoms with Crippen LogP contribution in [0.5, 0.6) is 0 Å². The van der Waals surface area contributed by atoms with E-state index in [9.17, 15) is 4.79 Å². The normalized spacial score (nSPS) is 15.3. The van der Waals surface area contributed by atoms with Crippen LogP contribution in [0.2, 0.25) is 5.02 Å². The van der Waals surface area contributed by atoms with Crippen molar-refractivity contribution in [3.8, 4) is 0 Å². The number of amides is 1. The molecule has 110 valence electrons. The number of carbonyl (C=O) groups is 1. The number of carbonyl (C=O) groups excluding carboxylic acids is 1. The summed E-state index contributed by atoms with van der Waals surface area (Å²) in [5, 5.41) is 7.43. The van der Waals surface area contributed by atoms with E-state index in [4.69, 9.17) is 11.6 Å². The Kier molecular flexibility index (Phi) is 4.10. The average molecular weight is 305 g/mol. The van der Waals surface area contributed by atoms with Crippen molar-refractivity contribution >= 4 is 23.2 Å². The number of nitrogens with one attached hydrogen (secondary N) is 1. The summed E-state index contributed by atoms with van der Waals surface area (Å²) >= 11 is 6.02. The Balaban J connectivity index is 1.56. The summed E-state index contributed by atoms with van der Waals surface area (Å²) in [6, 6.07) is 9.67. The van der Waals surface area contributed by atoms with Crippen LogP contribution >= 0.6 is 11.6 Å². The van der Waals surface area contributed by atoms with Gasteiger partial charge in [0.1, 0.15) is 0 Å². The topological polar surface area (TPSA) is 52.2 Å². The predicted octanol–water partition coefficient (Wildman–Crippen LogP) is 1.95. The maximum absolute atomic E-state index is 12.2. The molecule has 3 rings (SSSR count). The van der Waals surface area contributed by atoms with E-state index in [0.29, 0.717) is 6.42 Å². The number of nitrogens with zero attached hydrogens (tertiary/aromatic N) is 3. The molecular weight excluding hydrogens is 288 g/mol. The molecule has 0 spiro atoms. The number of hydrogen-bond donors (Lipinski definition) is 1. The van der Waals surface area contributed by atoms with E-state index < -0.39 is 0 Å². The zero-order valence-corrected chi connectivity index (χ0v) is 12.4. The molecule has 0 atom stereocenters. The first kappa shape index (κ1) is 13.9. The molecule has 1 aliphatic heterocycles. The minimum atomic E-state index is 0.144. The Bertz CT molecular complexity index is 606. The van der Waals surface area contributed by atoms with Crippen LogP contribution in [0.3, 0.4) is 0 Å². The number of aromatic amines is 1. The first-order valence-corrected chi connectivity index (χ1v) is 7.37. The van der Waals surface area contributed by atoms with Gasteiger partial charge in [-0.05, 0) is 24.3 Å². The Morgan fingerprint density at radius 2 is 2.05 bits per heavy atom. The van der Waals surface area contributed by atoms with E-state index in [1.165, 1.54) is 0 Å². The van der Waals surface area contributed by atoms with Crippen molar-refractivity contribution in [3.05, 3.63) is 47.2 Å². The van der Waals surface area contributed by atoms with Gasteiger partial charge in [0, 0.05) is 48.8 Å². The van der Waals surface area contributed by atoms with Crippen molar-refractivity contribution in [1.29, 1.82) is 0 Å². The molecule has 1 aromatic carbocycles. The summed E-state index contributed by atoms with van der Waals surface area (Å²) in [7, 11) is 0. The molecule has 0 radical (unpaired) electrons. The molecule has 5 nitrogen and oxygen atoms in total. The van der Waals surface area contributed by atoms with Crippen molar-refractivity contribution in [2.24, 2.45) is 0 Å². The molecule has 2 heterocycles. The first-order valence-electron chi connectivity index (χ1n) is 6.99. The maximum atomic E-state index is 12.2. The second-order valence-electron chi connectivity index (χ2n) is 5.11. The highest BCUT2D eigenvalue weighted by molar-refractivity contribution is 6.30. The van der Waals surface area contributed by atoms with E-state index in [-0.39, 0.29) is 5.91 Å². The lowest BCUT2D eigenvalue weighted by Gasteiger charge is -2.36. The first-order chi connectivity index (χ1) is 10.2. The fourth-order valence-corrected chi connectivity index (χ4v) is 2.73. The number of H-pyrrole nitrogens is 1. The quantitative estimate of drug-likeness (QED) is 0.943. The Morgan fingerprint density at radius 3 is 2.71 bits per heavy atom. The molecule has 1 aliphatic rings. The molecule has 1 aromatic heterocycles. The zero-order chi connectivity index (χ0) is 14.7. The van der Waals surface area contributed by atoms with Crippen LogP contribution in [0.15, 0.2) is 36.5 Å². The monoisotopic (exact) mass is 304 g/mol. The molecule has 0 unspecified atom stereocenters. The van der Waals surface area contributed by atoms with E-state index >= 15 is 0 Å². The van der Waals surface area contributed by atoms with Crippen LogP contribution in [-0.4, -0.2) is 47.2 Å². The number of piperazine rings is 1. The second-order valence-corrected chi connectivity index (χ2v) is 5.54. The third-order valence-electron chi connectivity index (χ3n) is 3.71. The molecule has 1 saturated heterocycles. The van der Waals surface area contributed by atoms with Gasteiger partial charge < -0.3 is 9.80 Å². The van der Waals surface area contributed by atoms with E-state index in [1.54, 1.807) is 6.20 Å². The van der Waals surface area contributed by atoms with Gasteiger partial charge in [0.15, 0.2) is 0 Å². The van der Waals surface area contributed by atoms with Gasteiger partial charge in [-0.25, -0.2) is 0 Å². The van der Waals surface area contributed by atoms with Crippen LogP contribution in [0.25, 0.3) is 0 Å². The summed E-state index contributed by atoms with van der Waals surface area (Å²) in [4.78, 5) is 16.4. The highest BCUT2D eigenvalue weighted by Crippen LogP contribution is 2.20. The summed E-state index contributed by atoms with van der Waals surface area (Å²) in [5.74, 6) is 0.144. The molecule has 0 bridgehead atoms. The number of aromatic nitrogens is 2. The summed E-state index contributed by atoms with van der Waals surface area (Å²) in [6.07, 6.45) is 2.05. The minimum Gasteiger partial charge on any atom is -0.368 e. The third kappa shape index (κ3) is 3.36. The van der Waals surface area contributed by atoms with Crippen LogP contribution in [-0.2, 0) is 11.2 Å². The van der Waals surface area contributed by atoms with Gasteiger partial charge in [-0.1, -0.05) is 17.7 Å². The number of benzene rings is 1. The van der Waals surface area contributed by atoms with Gasteiger partial charge in [0.05, 0.1) is 6.42 Å². The van der Waals surface area contributed by atoms with Crippen molar-refractivity contribution in [3.63, 3.8) is 0 Å². The van der Waals surface area contributed by atoms with Gasteiger partial charge in [-0.15, -0.1) is 0 Å². The number of anilines is 1. The molecule has 0 saturated carbocycles. The Hall–Kier alpha value is -2.01. The van der Waals surface area contributed by atoms with Gasteiger partial charge in [-0.3, -0.25) is 9.89 Å². The van der Waals surface area contributed by atoms with E-state index in [0.717, 1.165) is 42.6 Å². The highest BCUT2D eigenvalue weighted by atomic mass is 35.5. The van der Waals surface area contributed by atoms with Crippen LogP contribution in [0.1, 0.15) is 5.69 Å². The molecule has 1 fully saturated rings. The molecule has 6 heteroatoms. The van der Waals surface area contributed by atoms with Crippen molar-refractivity contribution < 1.29 is 4.79 Å². The maximum Gasteiger partial charge on any atom is 0.228 e. The summed E-state index contributed by atoms with van der Waals surface area (Å²) in [6.45, 7) is 3.13. The fourth-order valence-electron chi connectivity index (χ4n) is 2.54. The smallest absolute Gasteiger partial charge is 0.228 e. The molecule has 1 N–H and O–H groups in total. The molecule has 21 heavy (non-hydrogen) atoms. The van der Waals surface area contributed by atoms with E-state index in [2.05, 4.69) is 15.1 Å². The third-order valence-corrected chi connectivity index (χ3v) is 3.94. The second kappa shape index (κ2) is 6.18. The lowest BCUT2D eigenvalue weighted by molar-refractivity contribution is -0.130.